The third-order valence-corrected chi connectivity index (χ3v) is 10.1. The molecule has 4 heteroatoms. The van der Waals surface area contributed by atoms with Gasteiger partial charge in [0.15, 0.2) is 0 Å². The Balaban J connectivity index is 1.18. The Hall–Kier alpha value is -0.870. The summed E-state index contributed by atoms with van der Waals surface area (Å²) in [7, 11) is 0. The summed E-state index contributed by atoms with van der Waals surface area (Å²) in [5.41, 5.74) is 1.15. The van der Waals surface area contributed by atoms with E-state index in [2.05, 4.69) is 16.3 Å². The van der Waals surface area contributed by atoms with Crippen LogP contribution in [0.3, 0.4) is 0 Å². The fourth-order valence-corrected chi connectivity index (χ4v) is 8.85. The molecule has 0 aromatic carbocycles. The van der Waals surface area contributed by atoms with Crippen LogP contribution in [0.2, 0.25) is 0 Å². The highest BCUT2D eigenvalue weighted by Gasteiger charge is 2.50. The van der Waals surface area contributed by atoms with Crippen molar-refractivity contribution >= 4 is 5.91 Å². The fourth-order valence-electron chi connectivity index (χ4n) is 8.85. The van der Waals surface area contributed by atoms with Gasteiger partial charge in [0.25, 0.3) is 0 Å². The highest BCUT2D eigenvalue weighted by molar-refractivity contribution is 5.84. The van der Waals surface area contributed by atoms with Crippen LogP contribution in [-0.2, 0) is 9.53 Å². The summed E-state index contributed by atoms with van der Waals surface area (Å²) in [5.74, 6) is 6.28. The van der Waals surface area contributed by atoms with Crippen molar-refractivity contribution in [1.29, 1.82) is 0 Å². The van der Waals surface area contributed by atoms with Gasteiger partial charge in [-0.15, -0.1) is 0 Å². The lowest BCUT2D eigenvalue weighted by Gasteiger charge is -2.53. The van der Waals surface area contributed by atoms with Crippen molar-refractivity contribution in [2.24, 2.45) is 35.5 Å². The van der Waals surface area contributed by atoms with Crippen LogP contribution < -0.4 is 5.32 Å². The van der Waals surface area contributed by atoms with Crippen LogP contribution in [0.1, 0.15) is 77.0 Å². The maximum absolute atomic E-state index is 13.5. The standard InChI is InChI=1S/C26H40N2O2/c29-26(25-5-2-13-27-25)28(20-12-14-30-16-20)19-8-11-22-18(15-19)7-10-23-21-4-1-3-17(21)6-9-24(22)23/h12,17-19,21-25,27H,1-11,13-16H2. The predicted octanol–water partition coefficient (Wildman–Crippen LogP) is 4.50. The number of rotatable bonds is 3. The van der Waals surface area contributed by atoms with Gasteiger partial charge in [-0.3, -0.25) is 4.79 Å². The molecule has 4 nitrogen and oxygen atoms in total. The van der Waals surface area contributed by atoms with Crippen molar-refractivity contribution in [3.63, 3.8) is 0 Å². The summed E-state index contributed by atoms with van der Waals surface area (Å²) in [4.78, 5) is 15.7. The minimum Gasteiger partial charge on any atom is -0.371 e. The summed E-state index contributed by atoms with van der Waals surface area (Å²) < 4.78 is 5.65. The number of nitrogens with one attached hydrogen (secondary N) is 1. The minimum absolute atomic E-state index is 0.0256. The summed E-state index contributed by atoms with van der Waals surface area (Å²) in [5, 5.41) is 3.45. The van der Waals surface area contributed by atoms with Gasteiger partial charge in [0.1, 0.15) is 0 Å². The molecule has 30 heavy (non-hydrogen) atoms. The Bertz CT molecular complexity index is 685. The zero-order chi connectivity index (χ0) is 20.1. The molecule has 0 bridgehead atoms. The number of carbonyl (C=O) groups excluding carboxylic acids is 1. The molecule has 0 spiro atoms. The highest BCUT2D eigenvalue weighted by atomic mass is 16.5. The quantitative estimate of drug-likeness (QED) is 0.742. The van der Waals surface area contributed by atoms with Crippen molar-refractivity contribution in [3.05, 3.63) is 11.8 Å². The van der Waals surface area contributed by atoms with E-state index in [1.165, 1.54) is 64.2 Å². The van der Waals surface area contributed by atoms with Crippen LogP contribution in [0, 0.1) is 35.5 Å². The number of hydrogen-bond donors (Lipinski definition) is 1. The van der Waals surface area contributed by atoms with Crippen LogP contribution in [0.25, 0.3) is 0 Å². The lowest BCUT2D eigenvalue weighted by atomic mass is 9.53. The molecule has 5 fully saturated rings. The van der Waals surface area contributed by atoms with Crippen molar-refractivity contribution in [3.8, 4) is 0 Å². The van der Waals surface area contributed by atoms with Gasteiger partial charge in [-0.25, -0.2) is 0 Å². The number of hydrogen-bond acceptors (Lipinski definition) is 3. The molecule has 1 amide bonds. The third-order valence-electron chi connectivity index (χ3n) is 10.1. The first-order chi connectivity index (χ1) is 14.8. The molecule has 1 N–H and O–H groups in total. The minimum atomic E-state index is 0.0256. The molecule has 1 saturated heterocycles. The zero-order valence-corrected chi connectivity index (χ0v) is 18.6. The van der Waals surface area contributed by atoms with Gasteiger partial charge in [-0.2, -0.15) is 0 Å². The van der Waals surface area contributed by atoms with Gasteiger partial charge < -0.3 is 15.0 Å². The predicted molar refractivity (Wildman–Crippen MR) is 118 cm³/mol. The topological polar surface area (TPSA) is 41.6 Å². The molecular weight excluding hydrogens is 372 g/mol. The molecule has 4 saturated carbocycles. The molecule has 2 heterocycles. The molecule has 6 aliphatic rings. The van der Waals surface area contributed by atoms with E-state index in [0.717, 1.165) is 60.6 Å². The van der Waals surface area contributed by atoms with E-state index in [0.29, 0.717) is 25.2 Å². The first kappa shape index (κ1) is 19.8. The van der Waals surface area contributed by atoms with Gasteiger partial charge in [-0.1, -0.05) is 12.8 Å². The molecule has 0 radical (unpaired) electrons. The van der Waals surface area contributed by atoms with Gasteiger partial charge in [-0.05, 0) is 112 Å². The van der Waals surface area contributed by atoms with Gasteiger partial charge in [0, 0.05) is 11.7 Å². The maximum Gasteiger partial charge on any atom is 0.244 e. The summed E-state index contributed by atoms with van der Waals surface area (Å²) in [6.45, 7) is 2.28. The third kappa shape index (κ3) is 3.37. The average Bonchev–Trinajstić information content (AvgIpc) is 3.55. The second kappa shape index (κ2) is 8.24. The van der Waals surface area contributed by atoms with Crippen molar-refractivity contribution in [1.82, 2.24) is 10.2 Å². The van der Waals surface area contributed by atoms with E-state index in [1.54, 1.807) is 0 Å². The first-order valence-electron chi connectivity index (χ1n) is 13.1. The van der Waals surface area contributed by atoms with Crippen LogP contribution >= 0.6 is 0 Å². The number of amides is 1. The molecule has 8 atom stereocenters. The van der Waals surface area contributed by atoms with Crippen LogP contribution in [0.4, 0.5) is 0 Å². The SMILES string of the molecule is O=C(C1CCCN1)N(C1=CCOC1)C1CCC2C(CCC3C4CCCC4CCC23)C1. The Morgan fingerprint density at radius 3 is 2.43 bits per heavy atom. The summed E-state index contributed by atoms with van der Waals surface area (Å²) >= 11 is 0. The molecule has 0 aromatic heterocycles. The highest BCUT2D eigenvalue weighted by Crippen LogP contribution is 2.58. The van der Waals surface area contributed by atoms with E-state index < -0.39 is 0 Å². The van der Waals surface area contributed by atoms with E-state index in [4.69, 9.17) is 4.74 Å². The average molecular weight is 413 g/mol. The second-order valence-corrected chi connectivity index (χ2v) is 11.3. The van der Waals surface area contributed by atoms with Crippen molar-refractivity contribution in [2.75, 3.05) is 19.8 Å². The molecule has 8 unspecified atom stereocenters. The number of carbonyl (C=O) groups is 1. The molecule has 4 aliphatic carbocycles. The Morgan fingerprint density at radius 2 is 1.67 bits per heavy atom. The summed E-state index contributed by atoms with van der Waals surface area (Å²) in [6.07, 6.45) is 18.5. The van der Waals surface area contributed by atoms with E-state index >= 15 is 0 Å². The van der Waals surface area contributed by atoms with Gasteiger partial charge in [0.05, 0.1) is 19.3 Å². The van der Waals surface area contributed by atoms with Gasteiger partial charge in [0.2, 0.25) is 5.91 Å². The van der Waals surface area contributed by atoms with E-state index in [1.807, 2.05) is 0 Å². The lowest BCUT2D eigenvalue weighted by molar-refractivity contribution is -0.135. The molecule has 6 rings (SSSR count). The van der Waals surface area contributed by atoms with Crippen molar-refractivity contribution < 1.29 is 9.53 Å². The Morgan fingerprint density at radius 1 is 0.867 bits per heavy atom. The zero-order valence-electron chi connectivity index (χ0n) is 18.6. The number of nitrogens with zero attached hydrogens (tertiary/aromatic N) is 1. The van der Waals surface area contributed by atoms with Crippen molar-refractivity contribution in [2.45, 2.75) is 89.1 Å². The van der Waals surface area contributed by atoms with E-state index in [-0.39, 0.29) is 6.04 Å². The van der Waals surface area contributed by atoms with Gasteiger partial charge >= 0.3 is 0 Å². The molecular formula is C26H40N2O2. The first-order valence-corrected chi connectivity index (χ1v) is 13.1. The maximum atomic E-state index is 13.5. The van der Waals surface area contributed by atoms with Crippen LogP contribution in [0.5, 0.6) is 0 Å². The lowest BCUT2D eigenvalue weighted by Crippen LogP contribution is -2.52. The van der Waals surface area contributed by atoms with Crippen LogP contribution in [0.15, 0.2) is 11.8 Å². The molecule has 0 aromatic rings. The number of ether oxygens (including phenoxy) is 1. The van der Waals surface area contributed by atoms with Crippen LogP contribution in [-0.4, -0.2) is 42.6 Å². The number of fused-ring (bicyclic) bond motifs is 5. The second-order valence-electron chi connectivity index (χ2n) is 11.3. The smallest absolute Gasteiger partial charge is 0.244 e. The largest absolute Gasteiger partial charge is 0.371 e. The monoisotopic (exact) mass is 412 g/mol. The Labute approximate surface area is 182 Å². The molecule has 2 aliphatic heterocycles. The normalized spacial score (nSPS) is 45.4. The van der Waals surface area contributed by atoms with E-state index in [9.17, 15) is 4.79 Å². The fraction of sp³-hybridized carbons (Fsp3) is 0.885. The summed E-state index contributed by atoms with van der Waals surface area (Å²) in [6, 6.07) is 0.422. The Kier molecular flexibility index (Phi) is 5.43. The molecule has 166 valence electrons.